The van der Waals surface area contributed by atoms with Gasteiger partial charge in [-0.15, -0.1) is 11.8 Å². The first-order valence-electron chi connectivity index (χ1n) is 24.6. The van der Waals surface area contributed by atoms with Crippen molar-refractivity contribution in [3.63, 3.8) is 0 Å². The number of imidazole rings is 1. The third kappa shape index (κ3) is 18.1. The fourth-order valence-corrected chi connectivity index (χ4v) is 13.1. The summed E-state index contributed by atoms with van der Waals surface area (Å²) in [6.07, 6.45) is -8.74. The minimum Gasteiger partial charge on any atom is -0.480 e. The lowest BCUT2D eigenvalue weighted by atomic mass is 9.83. The van der Waals surface area contributed by atoms with E-state index < -0.39 is 137 Å². The number of nitrogens with two attached hydrogens (primary N) is 2. The van der Waals surface area contributed by atoms with E-state index in [-0.39, 0.29) is 60.8 Å². The van der Waals surface area contributed by atoms with Crippen molar-refractivity contribution in [2.75, 3.05) is 50.1 Å². The van der Waals surface area contributed by atoms with E-state index in [0.717, 1.165) is 45.7 Å². The molecule has 1 aliphatic carbocycles. The van der Waals surface area contributed by atoms with Crippen LogP contribution in [-0.2, 0) is 65.1 Å². The number of nitrogen functional groups attached to an aromatic ring is 1. The van der Waals surface area contributed by atoms with Crippen molar-refractivity contribution < 1.29 is 105 Å². The average molecular weight is 1250 g/mol. The summed E-state index contributed by atoms with van der Waals surface area (Å²) in [5.74, 6) is -4.45. The fourth-order valence-electron chi connectivity index (χ4n) is 8.23. The predicted octanol–water partition coefficient (Wildman–Crippen LogP) is -0.354. The Kier molecular flexibility index (Phi) is 22.9. The molecule has 6 rings (SSSR count). The smallest absolute Gasteiger partial charge is 0.480 e. The van der Waals surface area contributed by atoms with Crippen LogP contribution in [0, 0.1) is 5.41 Å². The number of aliphatic hydroxyl groups excluding tert-OH is 3. The first-order chi connectivity index (χ1) is 38.5. The molecule has 11 unspecified atom stereocenters. The minimum absolute atomic E-state index is 0.00341. The summed E-state index contributed by atoms with van der Waals surface area (Å²) in [6, 6.07) is 12.5. The summed E-state index contributed by atoms with van der Waals surface area (Å²) in [5.41, 5.74) is 13.4. The molecule has 2 aliphatic rings. The van der Waals surface area contributed by atoms with Crippen LogP contribution in [0.1, 0.15) is 61.8 Å². The Bertz CT molecular complexity index is 3120. The van der Waals surface area contributed by atoms with Crippen LogP contribution in [0.3, 0.4) is 0 Å². The molecule has 11 atom stereocenters. The highest BCUT2D eigenvalue weighted by Gasteiger charge is 2.50. The highest BCUT2D eigenvalue weighted by atomic mass is 32.2. The van der Waals surface area contributed by atoms with Gasteiger partial charge in [-0.05, 0) is 28.7 Å². The third-order valence-corrected chi connectivity index (χ3v) is 17.9. The number of carboxylic acids is 1. The number of hydrogen-bond donors (Lipinski definition) is 14. The number of nitrogens with one attached hydrogen (secondary N) is 4. The van der Waals surface area contributed by atoms with E-state index >= 15 is 0 Å². The van der Waals surface area contributed by atoms with Gasteiger partial charge >= 0.3 is 29.4 Å². The van der Waals surface area contributed by atoms with Crippen molar-refractivity contribution in [1.29, 1.82) is 0 Å². The van der Waals surface area contributed by atoms with E-state index in [1.165, 1.54) is 25.6 Å². The number of carbonyl (C=O) groups excluding carboxylic acids is 5. The minimum atomic E-state index is -5.64. The van der Waals surface area contributed by atoms with Crippen molar-refractivity contribution in [3.8, 4) is 11.1 Å². The van der Waals surface area contributed by atoms with Crippen molar-refractivity contribution >= 4 is 98.7 Å². The van der Waals surface area contributed by atoms with Crippen LogP contribution in [0.25, 0.3) is 22.3 Å². The van der Waals surface area contributed by atoms with Crippen LogP contribution in [0.4, 0.5) is 5.82 Å². The molecule has 3 heterocycles. The number of aliphatic hydroxyl groups is 3. The van der Waals surface area contributed by atoms with Gasteiger partial charge in [-0.2, -0.15) is 4.31 Å². The second-order valence-corrected chi connectivity index (χ2v) is 25.5. The zero-order valence-corrected chi connectivity index (χ0v) is 47.8. The van der Waals surface area contributed by atoms with Crippen molar-refractivity contribution in [2.24, 2.45) is 11.1 Å². The molecular formula is C45H61N10O22P3S2. The fraction of sp³-hybridized carbons (Fsp3) is 0.489. The summed E-state index contributed by atoms with van der Waals surface area (Å²) >= 11 is 1.97. The maximum atomic E-state index is 13.1. The molecule has 37 heteroatoms. The molecule has 2 aromatic heterocycles. The molecule has 1 saturated heterocycles. The van der Waals surface area contributed by atoms with Gasteiger partial charge in [-0.3, -0.25) is 46.9 Å². The number of aliphatic carboxylic acids is 1. The van der Waals surface area contributed by atoms with E-state index in [0.29, 0.717) is 5.56 Å². The van der Waals surface area contributed by atoms with Gasteiger partial charge in [0.15, 0.2) is 17.7 Å². The van der Waals surface area contributed by atoms with Gasteiger partial charge < -0.3 is 77.5 Å². The summed E-state index contributed by atoms with van der Waals surface area (Å²) in [6.45, 7) is -0.784. The molecular weight excluding hydrogens is 1190 g/mol. The lowest BCUT2D eigenvalue weighted by molar-refractivity contribution is -0.138. The summed E-state index contributed by atoms with van der Waals surface area (Å²) in [7, 11) is -16.6. The van der Waals surface area contributed by atoms with Crippen molar-refractivity contribution in [1.82, 2.24) is 40.8 Å². The topological polar surface area (TPSA) is 505 Å². The van der Waals surface area contributed by atoms with E-state index in [1.54, 1.807) is 12.1 Å². The van der Waals surface area contributed by atoms with Gasteiger partial charge in [0.1, 0.15) is 48.8 Å². The Labute approximate surface area is 474 Å². The van der Waals surface area contributed by atoms with Gasteiger partial charge in [0.25, 0.3) is 0 Å². The number of amides is 4. The number of hydrogen-bond acceptors (Lipinski definition) is 24. The molecule has 2 aromatic carbocycles. The number of benzene rings is 2. The van der Waals surface area contributed by atoms with E-state index in [4.69, 9.17) is 30.4 Å². The molecule has 82 heavy (non-hydrogen) atoms. The number of thioether (sulfide) groups is 2. The average Bonchev–Trinajstić information content (AvgIpc) is 3.97. The van der Waals surface area contributed by atoms with Crippen LogP contribution in [-0.4, -0.2) is 175 Å². The number of aromatic nitrogens is 4. The number of carboxylic acid groups (broad SMARTS) is 1. The Balaban J connectivity index is 0.875. The molecule has 0 spiro atoms. The van der Waals surface area contributed by atoms with Gasteiger partial charge in [-0.25, -0.2) is 28.6 Å². The Morgan fingerprint density at radius 3 is 2.20 bits per heavy atom. The normalized spacial score (nSPS) is 21.4. The van der Waals surface area contributed by atoms with Gasteiger partial charge in [0, 0.05) is 42.9 Å². The quantitative estimate of drug-likeness (QED) is 0.0234. The van der Waals surface area contributed by atoms with E-state index in [9.17, 15) is 77.4 Å². The number of phosphoric ester groups is 3. The molecule has 16 N–H and O–H groups in total. The van der Waals surface area contributed by atoms with Crippen LogP contribution in [0.5, 0.6) is 0 Å². The molecule has 1 fully saturated rings. The second-order valence-electron chi connectivity index (χ2n) is 19.0. The zero-order valence-electron chi connectivity index (χ0n) is 43.4. The van der Waals surface area contributed by atoms with Gasteiger partial charge in [0.2, 0.25) is 28.7 Å². The number of fused-ring (bicyclic) bond motifs is 4. The molecule has 0 bridgehead atoms. The maximum absolute atomic E-state index is 13.1. The maximum Gasteiger partial charge on any atom is 0.481 e. The summed E-state index contributed by atoms with van der Waals surface area (Å²) < 4.78 is 62.6. The Morgan fingerprint density at radius 1 is 0.854 bits per heavy atom. The zero-order chi connectivity index (χ0) is 60.3. The van der Waals surface area contributed by atoms with Crippen LogP contribution in [0.15, 0.2) is 61.2 Å². The molecule has 32 nitrogen and oxygen atoms in total. The SMILES string of the molecule is CC(C)(COP(=O)(O)OP(=O)(O)OCC1OC(n2cnc3c(N)ncnc32)C(O)C1OP(=O)(O)O)C(O)C(=O)NCCC(=O)NCCSC(=O)C(N)CCC(=O)NC(CSC1c2ccccc2-c2ccccc2C1O)C(=O)NCC(=O)O. The Morgan fingerprint density at radius 2 is 1.51 bits per heavy atom. The highest BCUT2D eigenvalue weighted by molar-refractivity contribution is 8.13. The number of ether oxygens (including phenoxy) is 1. The standard InChI is InChI=1S/C45H61N10O22P3S2/c1-45(2,20-74-80(71,72)77-79(69,70)73-18-29-36(76-78(66,67)68)35(61)43(75-29)55-22-53-33-39(47)51-21-52-40(33)55)38(62)42(64)49-14-13-30(56)48-15-16-81-44(65)27(46)11-12-31(57)54-28(41(63)50-17-32(58)59)19-82-37-26-10-6-4-8-24(26)23-7-3-5-9-25(23)34(37)60/h3-10,21-22,27-29,34-38,43,60-62H,11-20,46H2,1-2H3,(H,48,56)(H,49,64)(H,50,63)(H,54,57)(H,58,59)(H,69,70)(H,71,72)(H2,47,51,52)(H2,66,67,68). The first kappa shape index (κ1) is 65.8. The highest BCUT2D eigenvalue weighted by Crippen LogP contribution is 2.61. The van der Waals surface area contributed by atoms with Crippen LogP contribution in [0.2, 0.25) is 0 Å². The number of carbonyl (C=O) groups is 6. The largest absolute Gasteiger partial charge is 0.481 e. The predicted molar refractivity (Wildman–Crippen MR) is 289 cm³/mol. The first-order valence-corrected chi connectivity index (χ1v) is 31.1. The van der Waals surface area contributed by atoms with Crippen LogP contribution >= 0.6 is 47.0 Å². The van der Waals surface area contributed by atoms with E-state index in [1.807, 2.05) is 36.4 Å². The third-order valence-electron chi connectivity index (χ3n) is 12.4. The Hall–Kier alpha value is -5.32. The molecule has 1 aliphatic heterocycles. The molecule has 0 radical (unpaired) electrons. The monoisotopic (exact) mass is 1250 g/mol. The molecule has 4 aromatic rings. The lowest BCUT2D eigenvalue weighted by Crippen LogP contribution is -2.49. The number of rotatable bonds is 30. The van der Waals surface area contributed by atoms with Crippen molar-refractivity contribution in [3.05, 3.63) is 72.3 Å². The molecule has 450 valence electrons. The van der Waals surface area contributed by atoms with E-state index in [2.05, 4.69) is 45.1 Å². The summed E-state index contributed by atoms with van der Waals surface area (Å²) in [5, 5.41) is 50.8. The molecule has 0 saturated carbocycles. The van der Waals surface area contributed by atoms with Crippen molar-refractivity contribution in [2.45, 2.75) is 87.2 Å². The lowest BCUT2D eigenvalue weighted by Gasteiger charge is -2.33. The van der Waals surface area contributed by atoms with Crippen LogP contribution < -0.4 is 32.7 Å². The number of nitrogens with zero attached hydrogens (tertiary/aromatic N) is 4. The summed E-state index contributed by atoms with van der Waals surface area (Å²) in [4.78, 5) is 127. The van der Waals surface area contributed by atoms with Gasteiger partial charge in [-0.1, -0.05) is 74.1 Å². The number of anilines is 1. The van der Waals surface area contributed by atoms with Gasteiger partial charge in [0.05, 0.1) is 36.9 Å². The second kappa shape index (κ2) is 28.5. The number of phosphoric acid groups is 3. The molecule has 4 amide bonds.